The van der Waals surface area contributed by atoms with Crippen LogP contribution in [0.4, 0.5) is 0 Å². The monoisotopic (exact) mass is 274 g/mol. The third kappa shape index (κ3) is 3.36. The Hall–Kier alpha value is -1.88. The number of H-pyrrole nitrogens is 1. The minimum absolute atomic E-state index is 0.117. The fourth-order valence-electron chi connectivity index (χ4n) is 1.93. The highest BCUT2D eigenvalue weighted by Crippen LogP contribution is 2.17. The van der Waals surface area contributed by atoms with Gasteiger partial charge in [-0.1, -0.05) is 32.9 Å². The van der Waals surface area contributed by atoms with Crippen molar-refractivity contribution in [2.45, 2.75) is 33.2 Å². The lowest BCUT2D eigenvalue weighted by Crippen LogP contribution is -2.49. The molecule has 1 heterocycles. The van der Waals surface area contributed by atoms with Gasteiger partial charge in [0.15, 0.2) is 0 Å². The second-order valence-electron chi connectivity index (χ2n) is 6.09. The van der Waals surface area contributed by atoms with Crippen LogP contribution in [0.15, 0.2) is 24.3 Å². The molecule has 0 unspecified atom stereocenters. The number of nitrogens with one attached hydrogen (secondary N) is 2. The number of aromatic nitrogens is 2. The number of nitrogens with zero attached hydrogens (tertiary/aromatic N) is 1. The standard InChI is InChI=1S/C15H22N4O/c1-15(2,3)13(16)14(20)17-9-8-12-18-10-6-4-5-7-11(10)19-12/h4-7,13H,8-9,16H2,1-3H3,(H,17,20)(H,18,19)/t13-/m1/s1. The topological polar surface area (TPSA) is 83.8 Å². The number of nitrogens with two attached hydrogens (primary N) is 1. The zero-order valence-electron chi connectivity index (χ0n) is 12.2. The van der Waals surface area contributed by atoms with E-state index in [4.69, 9.17) is 5.73 Å². The molecule has 5 heteroatoms. The van der Waals surface area contributed by atoms with E-state index in [9.17, 15) is 4.79 Å². The van der Waals surface area contributed by atoms with Crippen molar-refractivity contribution in [3.8, 4) is 0 Å². The van der Waals surface area contributed by atoms with E-state index in [0.717, 1.165) is 16.9 Å². The van der Waals surface area contributed by atoms with Crippen molar-refractivity contribution in [2.75, 3.05) is 6.54 Å². The van der Waals surface area contributed by atoms with Gasteiger partial charge in [-0.2, -0.15) is 0 Å². The van der Waals surface area contributed by atoms with E-state index in [1.807, 2.05) is 45.0 Å². The normalized spacial score (nSPS) is 13.4. The highest BCUT2D eigenvalue weighted by atomic mass is 16.2. The van der Waals surface area contributed by atoms with Crippen molar-refractivity contribution in [3.05, 3.63) is 30.1 Å². The predicted octanol–water partition coefficient (Wildman–Crippen LogP) is 1.59. The molecule has 0 fully saturated rings. The van der Waals surface area contributed by atoms with E-state index in [1.54, 1.807) is 0 Å². The Labute approximate surface area is 119 Å². The summed E-state index contributed by atoms with van der Waals surface area (Å²) in [4.78, 5) is 19.6. The summed E-state index contributed by atoms with van der Waals surface area (Å²) >= 11 is 0. The number of fused-ring (bicyclic) bond motifs is 1. The van der Waals surface area contributed by atoms with E-state index >= 15 is 0 Å². The summed E-state index contributed by atoms with van der Waals surface area (Å²) in [6.07, 6.45) is 0.664. The minimum atomic E-state index is -0.502. The molecule has 2 rings (SSSR count). The van der Waals surface area contributed by atoms with Crippen LogP contribution in [0.3, 0.4) is 0 Å². The number of rotatable bonds is 4. The van der Waals surface area contributed by atoms with Crippen molar-refractivity contribution in [1.82, 2.24) is 15.3 Å². The van der Waals surface area contributed by atoms with Crippen molar-refractivity contribution < 1.29 is 4.79 Å². The second-order valence-corrected chi connectivity index (χ2v) is 6.09. The third-order valence-corrected chi connectivity index (χ3v) is 3.31. The maximum atomic E-state index is 11.9. The molecule has 2 aromatic rings. The lowest BCUT2D eigenvalue weighted by Gasteiger charge is -2.25. The van der Waals surface area contributed by atoms with Crippen LogP contribution >= 0.6 is 0 Å². The Bertz CT molecular complexity index is 564. The van der Waals surface area contributed by atoms with Crippen molar-refractivity contribution in [1.29, 1.82) is 0 Å². The first-order valence-electron chi connectivity index (χ1n) is 6.85. The Morgan fingerprint density at radius 3 is 2.75 bits per heavy atom. The van der Waals surface area contributed by atoms with Crippen LogP contribution in [0.25, 0.3) is 11.0 Å². The molecule has 1 aromatic heterocycles. The summed E-state index contributed by atoms with van der Waals surface area (Å²) in [5, 5.41) is 2.86. The molecule has 108 valence electrons. The van der Waals surface area contributed by atoms with Crippen LogP contribution in [-0.4, -0.2) is 28.5 Å². The number of aromatic amines is 1. The first-order chi connectivity index (χ1) is 9.38. The molecule has 0 aliphatic carbocycles. The molecule has 20 heavy (non-hydrogen) atoms. The lowest BCUT2D eigenvalue weighted by atomic mass is 9.87. The van der Waals surface area contributed by atoms with Crippen LogP contribution in [0.2, 0.25) is 0 Å². The van der Waals surface area contributed by atoms with Crippen LogP contribution in [0, 0.1) is 5.41 Å². The highest BCUT2D eigenvalue weighted by molar-refractivity contribution is 5.82. The van der Waals surface area contributed by atoms with Gasteiger partial charge in [0.2, 0.25) is 5.91 Å². The first kappa shape index (κ1) is 14.5. The summed E-state index contributed by atoms with van der Waals surface area (Å²) in [6, 6.07) is 7.37. The molecule has 0 saturated carbocycles. The highest BCUT2D eigenvalue weighted by Gasteiger charge is 2.26. The molecular weight excluding hydrogens is 252 g/mol. The molecule has 0 aliphatic rings. The van der Waals surface area contributed by atoms with Crippen molar-refractivity contribution in [2.24, 2.45) is 11.1 Å². The van der Waals surface area contributed by atoms with Crippen molar-refractivity contribution >= 4 is 16.9 Å². The fraction of sp³-hybridized carbons (Fsp3) is 0.467. The summed E-state index contributed by atoms with van der Waals surface area (Å²) in [5.74, 6) is 0.754. The van der Waals surface area contributed by atoms with Crippen molar-refractivity contribution in [3.63, 3.8) is 0 Å². The smallest absolute Gasteiger partial charge is 0.237 e. The van der Waals surface area contributed by atoms with Gasteiger partial charge >= 0.3 is 0 Å². The quantitative estimate of drug-likeness (QED) is 0.791. The Kier molecular flexibility index (Phi) is 4.09. The molecule has 0 radical (unpaired) electrons. The van der Waals surface area contributed by atoms with Gasteiger partial charge in [-0.3, -0.25) is 4.79 Å². The Balaban J connectivity index is 1.88. The fourth-order valence-corrected chi connectivity index (χ4v) is 1.93. The summed E-state index contributed by atoms with van der Waals surface area (Å²) < 4.78 is 0. The van der Waals surface area contributed by atoms with Gasteiger partial charge < -0.3 is 16.0 Å². The van der Waals surface area contributed by atoms with Gasteiger partial charge in [0.1, 0.15) is 5.82 Å². The van der Waals surface area contributed by atoms with Gasteiger partial charge in [0.05, 0.1) is 17.1 Å². The lowest BCUT2D eigenvalue weighted by molar-refractivity contribution is -0.124. The molecule has 0 saturated heterocycles. The maximum absolute atomic E-state index is 11.9. The molecule has 1 aromatic carbocycles. The average Bonchev–Trinajstić information content (AvgIpc) is 2.79. The largest absolute Gasteiger partial charge is 0.354 e. The molecule has 1 amide bonds. The number of carbonyl (C=O) groups excluding carboxylic acids is 1. The zero-order valence-corrected chi connectivity index (χ0v) is 12.2. The number of hydrogen-bond donors (Lipinski definition) is 3. The van der Waals surface area contributed by atoms with Crippen LogP contribution in [0.1, 0.15) is 26.6 Å². The first-order valence-corrected chi connectivity index (χ1v) is 6.85. The van der Waals surface area contributed by atoms with Gasteiger partial charge in [0, 0.05) is 13.0 Å². The van der Waals surface area contributed by atoms with E-state index in [-0.39, 0.29) is 11.3 Å². The van der Waals surface area contributed by atoms with E-state index in [0.29, 0.717) is 13.0 Å². The number of carbonyl (C=O) groups is 1. The van der Waals surface area contributed by atoms with Crippen LogP contribution < -0.4 is 11.1 Å². The summed E-state index contributed by atoms with van der Waals surface area (Å²) in [6.45, 7) is 6.39. The van der Waals surface area contributed by atoms with Crippen LogP contribution in [-0.2, 0) is 11.2 Å². The molecule has 4 N–H and O–H groups in total. The summed E-state index contributed by atoms with van der Waals surface area (Å²) in [7, 11) is 0. The average molecular weight is 274 g/mol. The third-order valence-electron chi connectivity index (χ3n) is 3.31. The number of imidazole rings is 1. The van der Waals surface area contributed by atoms with Crippen LogP contribution in [0.5, 0.6) is 0 Å². The van der Waals surface area contributed by atoms with E-state index in [1.165, 1.54) is 0 Å². The number of benzene rings is 1. The predicted molar refractivity (Wildman–Crippen MR) is 80.2 cm³/mol. The summed E-state index contributed by atoms with van der Waals surface area (Å²) in [5.41, 5.74) is 7.63. The number of amides is 1. The minimum Gasteiger partial charge on any atom is -0.354 e. The van der Waals surface area contributed by atoms with Gasteiger partial charge in [-0.05, 0) is 17.5 Å². The Morgan fingerprint density at radius 2 is 2.10 bits per heavy atom. The van der Waals surface area contributed by atoms with E-state index in [2.05, 4.69) is 15.3 Å². The van der Waals surface area contributed by atoms with Gasteiger partial charge in [-0.25, -0.2) is 4.98 Å². The molecule has 1 atom stereocenters. The molecule has 0 spiro atoms. The molecule has 0 aliphatic heterocycles. The second kappa shape index (κ2) is 5.63. The SMILES string of the molecule is CC(C)(C)[C@H](N)C(=O)NCCc1nc2ccccc2[nH]1. The van der Waals surface area contributed by atoms with Gasteiger partial charge in [0.25, 0.3) is 0 Å². The molecular formula is C15H22N4O. The Morgan fingerprint density at radius 1 is 1.40 bits per heavy atom. The zero-order chi connectivity index (χ0) is 14.8. The number of para-hydroxylation sites is 2. The molecule has 0 bridgehead atoms. The van der Waals surface area contributed by atoms with E-state index < -0.39 is 6.04 Å². The maximum Gasteiger partial charge on any atom is 0.237 e. The molecule has 5 nitrogen and oxygen atoms in total. The van der Waals surface area contributed by atoms with Gasteiger partial charge in [-0.15, -0.1) is 0 Å². The number of hydrogen-bond acceptors (Lipinski definition) is 3.